The van der Waals surface area contributed by atoms with Crippen LogP contribution in [0.4, 0.5) is 5.69 Å². The fourth-order valence-electron chi connectivity index (χ4n) is 1.44. The Hall–Kier alpha value is -1.68. The van der Waals surface area contributed by atoms with Crippen LogP contribution in [0.15, 0.2) is 29.8 Å². The molecule has 2 rings (SSSR count). The lowest BCUT2D eigenvalue weighted by Crippen LogP contribution is -2.13. The first-order valence-corrected chi connectivity index (χ1v) is 5.83. The largest absolute Gasteiger partial charge is 0.321 e. The number of hydrogen-bond donors (Lipinski definition) is 1. The van der Waals surface area contributed by atoms with Crippen LogP contribution in [0.25, 0.3) is 0 Å². The maximum Gasteiger partial charge on any atom is 0.275 e. The Bertz CT molecular complexity index is 519. The van der Waals surface area contributed by atoms with E-state index < -0.39 is 0 Å². The van der Waals surface area contributed by atoms with Crippen molar-refractivity contribution in [1.82, 2.24) is 4.98 Å². The summed E-state index contributed by atoms with van der Waals surface area (Å²) in [5.41, 5.74) is 4.11. The molecule has 0 atom stereocenters. The van der Waals surface area contributed by atoms with Crippen molar-refractivity contribution in [3.05, 3.63) is 45.9 Å². The fraction of sp³-hybridized carbons (Fsp3) is 0.167. The van der Waals surface area contributed by atoms with Crippen molar-refractivity contribution in [2.75, 3.05) is 5.32 Å². The minimum absolute atomic E-state index is 0.149. The molecule has 0 aliphatic heterocycles. The van der Waals surface area contributed by atoms with Crippen LogP contribution in [0.1, 0.15) is 20.9 Å². The van der Waals surface area contributed by atoms with E-state index in [9.17, 15) is 4.79 Å². The zero-order valence-corrected chi connectivity index (χ0v) is 9.97. The Morgan fingerprint density at radius 1 is 1.38 bits per heavy atom. The number of aromatic nitrogens is 1. The van der Waals surface area contributed by atoms with Crippen LogP contribution in [0.3, 0.4) is 0 Å². The van der Waals surface area contributed by atoms with E-state index in [2.05, 4.69) is 10.3 Å². The molecular weight excluding hydrogens is 220 g/mol. The maximum absolute atomic E-state index is 11.8. The standard InChI is InChI=1S/C12H12N2OS/c1-8-4-3-5-10(6-8)14-12(15)11-9(2)16-7-13-11/h3-7H,1-2H3,(H,14,15). The molecule has 2 aromatic rings. The van der Waals surface area contributed by atoms with E-state index in [4.69, 9.17) is 0 Å². The highest BCUT2D eigenvalue weighted by Crippen LogP contribution is 2.15. The van der Waals surface area contributed by atoms with Gasteiger partial charge in [-0.3, -0.25) is 4.79 Å². The van der Waals surface area contributed by atoms with Gasteiger partial charge in [-0.1, -0.05) is 12.1 Å². The molecule has 0 bridgehead atoms. The van der Waals surface area contributed by atoms with E-state index in [0.717, 1.165) is 16.1 Å². The van der Waals surface area contributed by atoms with Crippen LogP contribution in [-0.2, 0) is 0 Å². The second-order valence-corrected chi connectivity index (χ2v) is 4.64. The predicted molar refractivity (Wildman–Crippen MR) is 66.0 cm³/mol. The van der Waals surface area contributed by atoms with Crippen LogP contribution in [0, 0.1) is 13.8 Å². The van der Waals surface area contributed by atoms with Crippen LogP contribution in [0.5, 0.6) is 0 Å². The van der Waals surface area contributed by atoms with Gasteiger partial charge in [0.2, 0.25) is 0 Å². The third-order valence-electron chi connectivity index (χ3n) is 2.24. The Morgan fingerprint density at radius 3 is 2.81 bits per heavy atom. The number of amides is 1. The number of thiazole rings is 1. The van der Waals surface area contributed by atoms with Gasteiger partial charge in [0.1, 0.15) is 5.69 Å². The quantitative estimate of drug-likeness (QED) is 0.864. The molecule has 0 fully saturated rings. The second kappa shape index (κ2) is 4.45. The lowest BCUT2D eigenvalue weighted by atomic mass is 10.2. The van der Waals surface area contributed by atoms with Crippen molar-refractivity contribution < 1.29 is 4.79 Å². The van der Waals surface area contributed by atoms with Crippen LogP contribution >= 0.6 is 11.3 Å². The van der Waals surface area contributed by atoms with E-state index >= 15 is 0 Å². The lowest BCUT2D eigenvalue weighted by molar-refractivity contribution is 0.102. The van der Waals surface area contributed by atoms with Crippen molar-refractivity contribution in [3.8, 4) is 0 Å². The summed E-state index contributed by atoms with van der Waals surface area (Å²) in [7, 11) is 0. The second-order valence-electron chi connectivity index (χ2n) is 3.58. The monoisotopic (exact) mass is 232 g/mol. The van der Waals surface area contributed by atoms with E-state index in [1.54, 1.807) is 5.51 Å². The molecule has 82 valence electrons. The maximum atomic E-state index is 11.8. The van der Waals surface area contributed by atoms with Gasteiger partial charge in [-0.2, -0.15) is 0 Å². The first-order chi connectivity index (χ1) is 7.66. The smallest absolute Gasteiger partial charge is 0.275 e. The van der Waals surface area contributed by atoms with E-state index in [1.807, 2.05) is 38.1 Å². The first-order valence-electron chi connectivity index (χ1n) is 4.95. The molecule has 1 amide bonds. The van der Waals surface area contributed by atoms with Gasteiger partial charge < -0.3 is 5.32 Å². The molecule has 0 spiro atoms. The molecule has 1 N–H and O–H groups in total. The van der Waals surface area contributed by atoms with Gasteiger partial charge in [-0.05, 0) is 31.5 Å². The Morgan fingerprint density at radius 2 is 2.19 bits per heavy atom. The van der Waals surface area contributed by atoms with E-state index in [-0.39, 0.29) is 5.91 Å². The number of aryl methyl sites for hydroxylation is 2. The summed E-state index contributed by atoms with van der Waals surface area (Å²) in [5, 5.41) is 2.83. The van der Waals surface area contributed by atoms with Crippen molar-refractivity contribution in [1.29, 1.82) is 0 Å². The highest BCUT2D eigenvalue weighted by Gasteiger charge is 2.11. The van der Waals surface area contributed by atoms with Crippen molar-refractivity contribution in [3.63, 3.8) is 0 Å². The number of nitrogens with one attached hydrogen (secondary N) is 1. The normalized spacial score (nSPS) is 10.1. The Balaban J connectivity index is 2.17. The molecule has 0 saturated carbocycles. The van der Waals surface area contributed by atoms with Crippen LogP contribution < -0.4 is 5.32 Å². The zero-order chi connectivity index (χ0) is 11.5. The number of anilines is 1. The number of benzene rings is 1. The van der Waals surface area contributed by atoms with Crippen molar-refractivity contribution in [2.24, 2.45) is 0 Å². The molecule has 1 heterocycles. The van der Waals surface area contributed by atoms with Crippen molar-refractivity contribution in [2.45, 2.75) is 13.8 Å². The molecule has 16 heavy (non-hydrogen) atoms. The number of nitrogens with zero attached hydrogens (tertiary/aromatic N) is 1. The highest BCUT2D eigenvalue weighted by molar-refractivity contribution is 7.09. The molecular formula is C12H12N2OS. The van der Waals surface area contributed by atoms with Gasteiger partial charge in [0.05, 0.1) is 5.51 Å². The van der Waals surface area contributed by atoms with Gasteiger partial charge >= 0.3 is 0 Å². The van der Waals surface area contributed by atoms with Gasteiger partial charge in [-0.25, -0.2) is 4.98 Å². The summed E-state index contributed by atoms with van der Waals surface area (Å²) in [4.78, 5) is 16.8. The average Bonchev–Trinajstić information content (AvgIpc) is 2.64. The van der Waals surface area contributed by atoms with Gasteiger partial charge in [0, 0.05) is 10.6 Å². The van der Waals surface area contributed by atoms with E-state index in [1.165, 1.54) is 11.3 Å². The fourth-order valence-corrected chi connectivity index (χ4v) is 2.01. The van der Waals surface area contributed by atoms with Gasteiger partial charge in [0.25, 0.3) is 5.91 Å². The number of hydrogen-bond acceptors (Lipinski definition) is 3. The summed E-state index contributed by atoms with van der Waals surface area (Å²) in [5.74, 6) is -0.149. The molecule has 1 aromatic carbocycles. The molecule has 1 aromatic heterocycles. The summed E-state index contributed by atoms with van der Waals surface area (Å²) in [6.45, 7) is 3.88. The topological polar surface area (TPSA) is 42.0 Å². The summed E-state index contributed by atoms with van der Waals surface area (Å²) in [6.07, 6.45) is 0. The lowest BCUT2D eigenvalue weighted by Gasteiger charge is -2.04. The third kappa shape index (κ3) is 2.28. The highest BCUT2D eigenvalue weighted by atomic mass is 32.1. The number of rotatable bonds is 2. The summed E-state index contributed by atoms with van der Waals surface area (Å²) >= 11 is 1.47. The minimum atomic E-state index is -0.149. The number of carbonyl (C=O) groups is 1. The molecule has 0 aliphatic carbocycles. The van der Waals surface area contributed by atoms with E-state index in [0.29, 0.717) is 5.69 Å². The molecule has 3 nitrogen and oxygen atoms in total. The third-order valence-corrected chi connectivity index (χ3v) is 2.99. The number of carbonyl (C=O) groups excluding carboxylic acids is 1. The first kappa shape index (κ1) is 10.8. The molecule has 0 saturated heterocycles. The molecule has 0 unspecified atom stereocenters. The minimum Gasteiger partial charge on any atom is -0.321 e. The van der Waals surface area contributed by atoms with Gasteiger partial charge in [0.15, 0.2) is 0 Å². The average molecular weight is 232 g/mol. The molecule has 0 aliphatic rings. The van der Waals surface area contributed by atoms with Crippen LogP contribution in [-0.4, -0.2) is 10.9 Å². The van der Waals surface area contributed by atoms with Crippen molar-refractivity contribution >= 4 is 22.9 Å². The molecule has 0 radical (unpaired) electrons. The molecule has 4 heteroatoms. The Labute approximate surface area is 98.2 Å². The SMILES string of the molecule is Cc1cccc(NC(=O)c2ncsc2C)c1. The predicted octanol–water partition coefficient (Wildman–Crippen LogP) is 3.01. The summed E-state index contributed by atoms with van der Waals surface area (Å²) < 4.78 is 0. The summed E-state index contributed by atoms with van der Waals surface area (Å²) in [6, 6.07) is 7.70. The van der Waals surface area contributed by atoms with Crippen LogP contribution in [0.2, 0.25) is 0 Å². The van der Waals surface area contributed by atoms with Gasteiger partial charge in [-0.15, -0.1) is 11.3 Å². The zero-order valence-electron chi connectivity index (χ0n) is 9.15. The Kier molecular flexibility index (Phi) is 3.01.